The first-order chi connectivity index (χ1) is 9.81. The Hall–Kier alpha value is -1.74. The lowest BCUT2D eigenvalue weighted by molar-refractivity contribution is 0.584. The molecular formula is C12H10BrF2N3O2S. The number of nitrogens with zero attached hydrogens (tertiary/aromatic N) is 1. The molecule has 0 fully saturated rings. The van der Waals surface area contributed by atoms with E-state index in [0.717, 1.165) is 12.1 Å². The predicted molar refractivity (Wildman–Crippen MR) is 78.7 cm³/mol. The molecule has 112 valence electrons. The lowest BCUT2D eigenvalue weighted by Gasteiger charge is -2.12. The van der Waals surface area contributed by atoms with E-state index in [1.165, 1.54) is 19.3 Å². The highest BCUT2D eigenvalue weighted by atomic mass is 79.9. The highest BCUT2D eigenvalue weighted by molar-refractivity contribution is 9.10. The van der Waals surface area contributed by atoms with Gasteiger partial charge < -0.3 is 5.32 Å². The molecule has 0 aliphatic rings. The van der Waals surface area contributed by atoms with Gasteiger partial charge in [0.1, 0.15) is 22.3 Å². The van der Waals surface area contributed by atoms with Gasteiger partial charge in [0.15, 0.2) is 0 Å². The molecule has 0 amide bonds. The number of halogens is 3. The van der Waals surface area contributed by atoms with Crippen molar-refractivity contribution in [3.63, 3.8) is 0 Å². The molecule has 0 aliphatic carbocycles. The van der Waals surface area contributed by atoms with Crippen LogP contribution in [0, 0.1) is 11.6 Å². The van der Waals surface area contributed by atoms with Gasteiger partial charge in [-0.15, -0.1) is 0 Å². The number of pyridine rings is 1. The SMILES string of the molecule is CNc1ncc(Br)cc1S(=O)(=O)Nc1cc(F)cc(F)c1. The lowest BCUT2D eigenvalue weighted by atomic mass is 10.3. The Kier molecular flexibility index (Phi) is 4.43. The third-order valence-corrected chi connectivity index (χ3v) is 4.29. The molecular weight excluding hydrogens is 368 g/mol. The Morgan fingerprint density at radius 1 is 1.14 bits per heavy atom. The number of aromatic nitrogens is 1. The van der Waals surface area contributed by atoms with Crippen LogP contribution in [0.3, 0.4) is 0 Å². The average Bonchev–Trinajstić information content (AvgIpc) is 2.36. The molecule has 0 radical (unpaired) electrons. The molecule has 1 aromatic heterocycles. The molecule has 0 unspecified atom stereocenters. The number of benzene rings is 1. The molecule has 21 heavy (non-hydrogen) atoms. The van der Waals surface area contributed by atoms with Gasteiger partial charge in [0.05, 0.1) is 5.69 Å². The van der Waals surface area contributed by atoms with Gasteiger partial charge in [-0.2, -0.15) is 0 Å². The predicted octanol–water partition coefficient (Wildman–Crippen LogP) is 2.96. The summed E-state index contributed by atoms with van der Waals surface area (Å²) in [7, 11) is -2.54. The van der Waals surface area contributed by atoms with Crippen LogP contribution in [-0.4, -0.2) is 20.4 Å². The molecule has 9 heteroatoms. The van der Waals surface area contributed by atoms with Crippen molar-refractivity contribution in [2.75, 3.05) is 17.1 Å². The molecule has 0 aliphatic heterocycles. The molecule has 0 saturated heterocycles. The molecule has 0 saturated carbocycles. The first kappa shape index (κ1) is 15.6. The van der Waals surface area contributed by atoms with Crippen LogP contribution in [0.25, 0.3) is 0 Å². The van der Waals surface area contributed by atoms with Crippen LogP contribution in [0.1, 0.15) is 0 Å². The number of rotatable bonds is 4. The first-order valence-electron chi connectivity index (χ1n) is 5.64. The largest absolute Gasteiger partial charge is 0.372 e. The first-order valence-corrected chi connectivity index (χ1v) is 7.91. The lowest BCUT2D eigenvalue weighted by Crippen LogP contribution is -2.15. The standard InChI is InChI=1S/C12H10BrF2N3O2S/c1-16-12-11(2-7(13)6-17-12)21(19,20)18-10-4-8(14)3-9(15)5-10/h2-6,18H,1H3,(H,16,17). The Bertz CT molecular complexity index is 764. The molecule has 0 bridgehead atoms. The fraction of sp³-hybridized carbons (Fsp3) is 0.0833. The van der Waals surface area contributed by atoms with Gasteiger partial charge in [0.25, 0.3) is 10.0 Å². The zero-order valence-corrected chi connectivity index (χ0v) is 13.1. The monoisotopic (exact) mass is 377 g/mol. The summed E-state index contributed by atoms with van der Waals surface area (Å²) in [5, 5.41) is 2.64. The van der Waals surface area contributed by atoms with Crippen molar-refractivity contribution in [2.24, 2.45) is 0 Å². The number of hydrogen-bond acceptors (Lipinski definition) is 4. The van der Waals surface area contributed by atoms with Crippen LogP contribution in [0.15, 0.2) is 39.8 Å². The normalized spacial score (nSPS) is 11.2. The number of anilines is 2. The van der Waals surface area contributed by atoms with Gasteiger partial charge in [-0.1, -0.05) is 0 Å². The van der Waals surface area contributed by atoms with Gasteiger partial charge in [-0.3, -0.25) is 4.72 Å². The zero-order chi connectivity index (χ0) is 15.6. The maximum atomic E-state index is 13.1. The third-order valence-electron chi connectivity index (χ3n) is 2.46. The van der Waals surface area contributed by atoms with Crippen molar-refractivity contribution in [1.29, 1.82) is 0 Å². The van der Waals surface area contributed by atoms with Crippen LogP contribution in [0.4, 0.5) is 20.3 Å². The smallest absolute Gasteiger partial charge is 0.265 e. The van der Waals surface area contributed by atoms with Crippen molar-refractivity contribution in [3.8, 4) is 0 Å². The van der Waals surface area contributed by atoms with E-state index in [1.807, 2.05) is 0 Å². The van der Waals surface area contributed by atoms with Gasteiger partial charge in [0, 0.05) is 23.8 Å². The number of nitrogens with one attached hydrogen (secondary N) is 2. The topological polar surface area (TPSA) is 71.1 Å². The fourth-order valence-electron chi connectivity index (χ4n) is 1.64. The second kappa shape index (κ2) is 5.94. The average molecular weight is 378 g/mol. The third kappa shape index (κ3) is 3.67. The van der Waals surface area contributed by atoms with E-state index >= 15 is 0 Å². The van der Waals surface area contributed by atoms with Crippen LogP contribution < -0.4 is 10.0 Å². The van der Waals surface area contributed by atoms with Crippen molar-refractivity contribution in [2.45, 2.75) is 4.90 Å². The van der Waals surface area contributed by atoms with Gasteiger partial charge in [0.2, 0.25) is 0 Å². The molecule has 2 rings (SSSR count). The molecule has 1 aromatic carbocycles. The van der Waals surface area contributed by atoms with Crippen molar-refractivity contribution < 1.29 is 17.2 Å². The minimum absolute atomic E-state index is 0.113. The Morgan fingerprint density at radius 2 is 1.76 bits per heavy atom. The molecule has 0 spiro atoms. The molecule has 2 aromatic rings. The highest BCUT2D eigenvalue weighted by Crippen LogP contribution is 2.25. The van der Waals surface area contributed by atoms with Crippen LogP contribution in [0.5, 0.6) is 0 Å². The maximum Gasteiger partial charge on any atom is 0.265 e. The van der Waals surface area contributed by atoms with Crippen molar-refractivity contribution >= 4 is 37.5 Å². The van der Waals surface area contributed by atoms with Crippen molar-refractivity contribution in [3.05, 3.63) is 46.6 Å². The molecule has 2 N–H and O–H groups in total. The van der Waals surface area contributed by atoms with Gasteiger partial charge in [-0.05, 0) is 34.1 Å². The number of hydrogen-bond donors (Lipinski definition) is 2. The van der Waals surface area contributed by atoms with Crippen LogP contribution in [-0.2, 0) is 10.0 Å². The zero-order valence-electron chi connectivity index (χ0n) is 10.7. The summed E-state index contributed by atoms with van der Waals surface area (Å²) < 4.78 is 53.4. The van der Waals surface area contributed by atoms with Crippen molar-refractivity contribution in [1.82, 2.24) is 4.98 Å². The van der Waals surface area contributed by atoms with E-state index in [-0.39, 0.29) is 16.4 Å². The van der Waals surface area contributed by atoms with E-state index in [2.05, 4.69) is 31.0 Å². The summed E-state index contributed by atoms with van der Waals surface area (Å²) >= 11 is 3.12. The van der Waals surface area contributed by atoms with Crippen LogP contribution in [0.2, 0.25) is 0 Å². The minimum atomic E-state index is -4.05. The number of sulfonamides is 1. The summed E-state index contributed by atoms with van der Waals surface area (Å²) in [6.07, 6.45) is 1.42. The van der Waals surface area contributed by atoms with E-state index < -0.39 is 21.7 Å². The summed E-state index contributed by atoms with van der Waals surface area (Å²) in [5.74, 6) is -1.65. The summed E-state index contributed by atoms with van der Waals surface area (Å²) in [6.45, 7) is 0. The maximum absolute atomic E-state index is 13.1. The Labute approximate surface area is 128 Å². The molecule has 1 heterocycles. The summed E-state index contributed by atoms with van der Waals surface area (Å²) in [4.78, 5) is 3.77. The Balaban J connectivity index is 2.45. The van der Waals surface area contributed by atoms with E-state index in [0.29, 0.717) is 10.5 Å². The van der Waals surface area contributed by atoms with Crippen LogP contribution >= 0.6 is 15.9 Å². The summed E-state index contributed by atoms with van der Waals surface area (Å²) in [6, 6.07) is 3.74. The summed E-state index contributed by atoms with van der Waals surface area (Å²) in [5.41, 5.74) is -0.213. The van der Waals surface area contributed by atoms with E-state index in [4.69, 9.17) is 0 Å². The quantitative estimate of drug-likeness (QED) is 0.858. The van der Waals surface area contributed by atoms with Gasteiger partial charge >= 0.3 is 0 Å². The fourth-order valence-corrected chi connectivity index (χ4v) is 3.35. The minimum Gasteiger partial charge on any atom is -0.372 e. The molecule has 0 atom stereocenters. The second-order valence-electron chi connectivity index (χ2n) is 4.01. The highest BCUT2D eigenvalue weighted by Gasteiger charge is 2.20. The van der Waals surface area contributed by atoms with E-state index in [9.17, 15) is 17.2 Å². The second-order valence-corrected chi connectivity index (χ2v) is 6.58. The molecule has 5 nitrogen and oxygen atoms in total. The van der Waals surface area contributed by atoms with E-state index in [1.54, 1.807) is 0 Å². The van der Waals surface area contributed by atoms with Gasteiger partial charge in [-0.25, -0.2) is 22.2 Å². The Morgan fingerprint density at radius 3 is 2.33 bits per heavy atom.